The van der Waals surface area contributed by atoms with E-state index >= 15 is 0 Å². The van der Waals surface area contributed by atoms with Crippen molar-refractivity contribution in [1.82, 2.24) is 5.32 Å². The molecule has 0 saturated carbocycles. The van der Waals surface area contributed by atoms with Gasteiger partial charge >= 0.3 is 0 Å². The molecule has 5 heteroatoms. The van der Waals surface area contributed by atoms with E-state index in [2.05, 4.69) is 33.3 Å². The second-order valence-corrected chi connectivity index (χ2v) is 7.02. The summed E-state index contributed by atoms with van der Waals surface area (Å²) in [6, 6.07) is 15.2. The van der Waals surface area contributed by atoms with Crippen LogP contribution in [0.1, 0.15) is 12.5 Å². The third kappa shape index (κ3) is 3.02. The van der Waals surface area contributed by atoms with E-state index < -0.39 is 0 Å². The van der Waals surface area contributed by atoms with Gasteiger partial charge in [0.2, 0.25) is 5.91 Å². The van der Waals surface area contributed by atoms with E-state index in [0.29, 0.717) is 6.54 Å². The molecule has 1 amide bonds. The lowest BCUT2D eigenvalue weighted by Gasteiger charge is -2.49. The number of hydrogen-bond donors (Lipinski definition) is 1. The predicted molar refractivity (Wildman–Crippen MR) is 102 cm³/mol. The quantitative estimate of drug-likeness (QED) is 0.922. The molecule has 0 aromatic heterocycles. The highest BCUT2D eigenvalue weighted by molar-refractivity contribution is 5.82. The molecule has 2 aliphatic rings. The number of amides is 1. The van der Waals surface area contributed by atoms with Gasteiger partial charge in [-0.2, -0.15) is 0 Å². The predicted octanol–water partition coefficient (Wildman–Crippen LogP) is 2.83. The van der Waals surface area contributed by atoms with E-state index in [1.165, 1.54) is 23.4 Å². The molecular formula is C21H24FN3O. The van der Waals surface area contributed by atoms with Gasteiger partial charge in [0.1, 0.15) is 5.82 Å². The number of carbonyl (C=O) groups excluding carboxylic acids is 1. The van der Waals surface area contributed by atoms with Crippen LogP contribution in [0.25, 0.3) is 0 Å². The number of carbonyl (C=O) groups is 1. The van der Waals surface area contributed by atoms with E-state index in [9.17, 15) is 9.18 Å². The zero-order valence-corrected chi connectivity index (χ0v) is 15.0. The van der Waals surface area contributed by atoms with Crippen molar-refractivity contribution >= 4 is 17.3 Å². The first kappa shape index (κ1) is 16.9. The first-order valence-electron chi connectivity index (χ1n) is 9.30. The molecule has 0 spiro atoms. The smallest absolute Gasteiger partial charge is 0.225 e. The van der Waals surface area contributed by atoms with Gasteiger partial charge in [-0.15, -0.1) is 0 Å². The number of nitrogens with zero attached hydrogens (tertiary/aromatic N) is 2. The molecule has 1 N–H and O–H groups in total. The summed E-state index contributed by atoms with van der Waals surface area (Å²) in [5.74, 6) is -0.176. The van der Waals surface area contributed by atoms with E-state index in [0.717, 1.165) is 31.7 Å². The molecule has 136 valence electrons. The minimum atomic E-state index is -0.223. The van der Waals surface area contributed by atoms with Gasteiger partial charge in [0.15, 0.2) is 0 Å². The molecule has 1 fully saturated rings. The molecule has 0 aliphatic carbocycles. The fourth-order valence-electron chi connectivity index (χ4n) is 4.25. The minimum absolute atomic E-state index is 0.0758. The number of rotatable bonds is 3. The molecule has 4 nitrogen and oxygen atoms in total. The molecule has 2 aliphatic heterocycles. The van der Waals surface area contributed by atoms with Crippen LogP contribution >= 0.6 is 0 Å². The highest BCUT2D eigenvalue weighted by Crippen LogP contribution is 2.36. The molecule has 2 aromatic rings. The fraction of sp³-hybridized carbons (Fsp3) is 0.381. The minimum Gasteiger partial charge on any atom is -0.368 e. The Bertz CT molecular complexity index is 792. The maximum absolute atomic E-state index is 13.3. The van der Waals surface area contributed by atoms with Crippen LogP contribution in [0.5, 0.6) is 0 Å². The van der Waals surface area contributed by atoms with Crippen molar-refractivity contribution < 1.29 is 9.18 Å². The van der Waals surface area contributed by atoms with E-state index in [-0.39, 0.29) is 23.7 Å². The lowest BCUT2D eigenvalue weighted by atomic mass is 9.83. The van der Waals surface area contributed by atoms with Gasteiger partial charge in [0.05, 0.1) is 12.0 Å². The number of benzene rings is 2. The van der Waals surface area contributed by atoms with Crippen LogP contribution in [0.3, 0.4) is 0 Å². The standard InChI is InChI=1S/C21H24FN3O/c1-2-23-21(26)18-13-15-5-3-4-6-19(15)25-12-11-24(14-20(18)25)17-9-7-16(22)8-10-17/h3-10,18,20H,2,11-14H2,1H3,(H,23,26). The molecule has 26 heavy (non-hydrogen) atoms. The number of piperazine rings is 1. The Morgan fingerprint density at radius 2 is 1.92 bits per heavy atom. The second-order valence-electron chi connectivity index (χ2n) is 7.02. The van der Waals surface area contributed by atoms with Gasteiger partial charge in [-0.1, -0.05) is 18.2 Å². The molecule has 2 heterocycles. The van der Waals surface area contributed by atoms with Gasteiger partial charge in [0.25, 0.3) is 0 Å². The first-order valence-corrected chi connectivity index (χ1v) is 9.30. The van der Waals surface area contributed by atoms with Crippen LogP contribution in [0.4, 0.5) is 15.8 Å². The van der Waals surface area contributed by atoms with Crippen LogP contribution in [-0.4, -0.2) is 38.1 Å². The molecule has 4 rings (SSSR count). The summed E-state index contributed by atoms with van der Waals surface area (Å²) >= 11 is 0. The average Bonchev–Trinajstić information content (AvgIpc) is 2.67. The van der Waals surface area contributed by atoms with Gasteiger partial charge in [-0.05, 0) is 49.2 Å². The highest BCUT2D eigenvalue weighted by Gasteiger charge is 2.41. The van der Waals surface area contributed by atoms with E-state index in [1.54, 1.807) is 0 Å². The molecule has 0 bridgehead atoms. The number of halogens is 1. The van der Waals surface area contributed by atoms with E-state index in [4.69, 9.17) is 0 Å². The van der Waals surface area contributed by atoms with Crippen molar-refractivity contribution in [2.24, 2.45) is 5.92 Å². The topological polar surface area (TPSA) is 35.6 Å². The molecule has 2 unspecified atom stereocenters. The number of hydrogen-bond acceptors (Lipinski definition) is 3. The Hall–Kier alpha value is -2.56. The Morgan fingerprint density at radius 3 is 2.69 bits per heavy atom. The Morgan fingerprint density at radius 1 is 1.15 bits per heavy atom. The first-order chi connectivity index (χ1) is 12.7. The summed E-state index contributed by atoms with van der Waals surface area (Å²) in [5, 5.41) is 3.01. The SMILES string of the molecule is CCNC(=O)C1Cc2ccccc2N2CCN(c3ccc(F)cc3)CC12. The molecule has 1 saturated heterocycles. The normalized spacial score (nSPS) is 21.8. The summed E-state index contributed by atoms with van der Waals surface area (Å²) in [6.07, 6.45) is 0.764. The van der Waals surface area contributed by atoms with E-state index in [1.807, 2.05) is 25.1 Å². The van der Waals surface area contributed by atoms with Crippen LogP contribution in [0.15, 0.2) is 48.5 Å². The number of para-hydroxylation sites is 1. The monoisotopic (exact) mass is 353 g/mol. The maximum Gasteiger partial charge on any atom is 0.225 e. The van der Waals surface area contributed by atoms with Crippen LogP contribution in [0.2, 0.25) is 0 Å². The third-order valence-electron chi connectivity index (χ3n) is 5.50. The summed E-state index contributed by atoms with van der Waals surface area (Å²) in [7, 11) is 0. The Labute approximate surface area is 153 Å². The summed E-state index contributed by atoms with van der Waals surface area (Å²) in [6.45, 7) is 5.08. The van der Waals surface area contributed by atoms with Gasteiger partial charge < -0.3 is 15.1 Å². The molecule has 2 aromatic carbocycles. The summed E-state index contributed by atoms with van der Waals surface area (Å²) in [4.78, 5) is 17.4. The molecule has 0 radical (unpaired) electrons. The largest absolute Gasteiger partial charge is 0.368 e. The Balaban J connectivity index is 1.64. The van der Waals surface area contributed by atoms with Crippen molar-refractivity contribution in [3.63, 3.8) is 0 Å². The van der Waals surface area contributed by atoms with Crippen LogP contribution in [0, 0.1) is 11.7 Å². The van der Waals surface area contributed by atoms with Crippen molar-refractivity contribution in [3.05, 3.63) is 59.9 Å². The van der Waals surface area contributed by atoms with Gasteiger partial charge in [0, 0.05) is 37.6 Å². The lowest BCUT2D eigenvalue weighted by Crippen LogP contribution is -2.61. The number of anilines is 2. The summed E-state index contributed by atoms with van der Waals surface area (Å²) in [5.41, 5.74) is 3.51. The van der Waals surface area contributed by atoms with Crippen molar-refractivity contribution in [2.75, 3.05) is 36.0 Å². The van der Waals surface area contributed by atoms with Crippen molar-refractivity contribution in [3.8, 4) is 0 Å². The molecular weight excluding hydrogens is 329 g/mol. The van der Waals surface area contributed by atoms with Crippen molar-refractivity contribution in [1.29, 1.82) is 0 Å². The lowest BCUT2D eigenvalue weighted by molar-refractivity contribution is -0.125. The fourth-order valence-corrected chi connectivity index (χ4v) is 4.25. The third-order valence-corrected chi connectivity index (χ3v) is 5.50. The van der Waals surface area contributed by atoms with Gasteiger partial charge in [-0.25, -0.2) is 4.39 Å². The van der Waals surface area contributed by atoms with Crippen LogP contribution < -0.4 is 15.1 Å². The van der Waals surface area contributed by atoms with Crippen molar-refractivity contribution in [2.45, 2.75) is 19.4 Å². The second kappa shape index (κ2) is 6.98. The number of nitrogens with one attached hydrogen (secondary N) is 1. The Kier molecular flexibility index (Phi) is 4.53. The van der Waals surface area contributed by atoms with Crippen LogP contribution in [-0.2, 0) is 11.2 Å². The summed E-state index contributed by atoms with van der Waals surface area (Å²) < 4.78 is 13.3. The average molecular weight is 353 g/mol. The number of fused-ring (bicyclic) bond motifs is 3. The molecule has 2 atom stereocenters. The van der Waals surface area contributed by atoms with Gasteiger partial charge in [-0.3, -0.25) is 4.79 Å². The zero-order valence-electron chi connectivity index (χ0n) is 15.0. The maximum atomic E-state index is 13.3. The zero-order chi connectivity index (χ0) is 18.1. The highest BCUT2D eigenvalue weighted by atomic mass is 19.1.